The summed E-state index contributed by atoms with van der Waals surface area (Å²) in [7, 11) is 1.40. The lowest BCUT2D eigenvalue weighted by molar-refractivity contribution is -0.140. The Labute approximate surface area is 118 Å². The van der Waals surface area contributed by atoms with Crippen LogP contribution < -0.4 is 4.74 Å². The molecule has 0 spiro atoms. The van der Waals surface area contributed by atoms with Gasteiger partial charge in [0.15, 0.2) is 0 Å². The van der Waals surface area contributed by atoms with Gasteiger partial charge in [0.2, 0.25) is 0 Å². The SMILES string of the molecule is COc1ccccc1C(O)c1ccc(C(F)(F)F)c(F)c1. The van der Waals surface area contributed by atoms with Gasteiger partial charge >= 0.3 is 6.18 Å². The number of benzene rings is 2. The molecule has 0 heterocycles. The Bertz CT molecular complexity index is 638. The fraction of sp³-hybridized carbons (Fsp3) is 0.200. The Kier molecular flexibility index (Phi) is 4.18. The zero-order valence-corrected chi connectivity index (χ0v) is 11.0. The molecule has 0 aliphatic rings. The molecule has 0 fully saturated rings. The lowest BCUT2D eigenvalue weighted by atomic mass is 9.99. The van der Waals surface area contributed by atoms with Gasteiger partial charge in [0, 0.05) is 5.56 Å². The second-order valence-electron chi connectivity index (χ2n) is 4.38. The minimum atomic E-state index is -4.77. The van der Waals surface area contributed by atoms with Crippen molar-refractivity contribution in [3.05, 3.63) is 65.0 Å². The molecule has 0 radical (unpaired) electrons. The smallest absolute Gasteiger partial charge is 0.419 e. The quantitative estimate of drug-likeness (QED) is 0.870. The molecule has 0 aliphatic carbocycles. The summed E-state index contributed by atoms with van der Waals surface area (Å²) in [5.41, 5.74) is -0.998. The highest BCUT2D eigenvalue weighted by Crippen LogP contribution is 2.35. The van der Waals surface area contributed by atoms with Gasteiger partial charge < -0.3 is 9.84 Å². The first kappa shape index (κ1) is 15.3. The molecule has 0 saturated heterocycles. The molecule has 2 rings (SSSR count). The second kappa shape index (κ2) is 5.73. The maximum atomic E-state index is 13.5. The molecule has 0 aromatic heterocycles. The van der Waals surface area contributed by atoms with E-state index in [1.165, 1.54) is 7.11 Å². The fourth-order valence-electron chi connectivity index (χ4n) is 2.00. The van der Waals surface area contributed by atoms with Crippen LogP contribution in [0.4, 0.5) is 17.6 Å². The molecule has 1 unspecified atom stereocenters. The molecule has 0 amide bonds. The summed E-state index contributed by atoms with van der Waals surface area (Å²) in [5.74, 6) is -1.06. The molecule has 0 aliphatic heterocycles. The van der Waals surface area contributed by atoms with E-state index in [0.29, 0.717) is 23.4 Å². The van der Waals surface area contributed by atoms with E-state index in [1.807, 2.05) is 0 Å². The van der Waals surface area contributed by atoms with E-state index in [0.717, 1.165) is 6.07 Å². The Morgan fingerprint density at radius 3 is 2.33 bits per heavy atom. The molecule has 2 aromatic rings. The van der Waals surface area contributed by atoms with Crippen molar-refractivity contribution in [2.75, 3.05) is 7.11 Å². The Morgan fingerprint density at radius 2 is 1.76 bits per heavy atom. The summed E-state index contributed by atoms with van der Waals surface area (Å²) < 4.78 is 56.1. The first-order chi connectivity index (χ1) is 9.84. The van der Waals surface area contributed by atoms with Crippen LogP contribution in [0.1, 0.15) is 22.8 Å². The summed E-state index contributed by atoms with van der Waals surface area (Å²) in [6.07, 6.45) is -6.05. The topological polar surface area (TPSA) is 29.5 Å². The summed E-state index contributed by atoms with van der Waals surface area (Å²) in [5, 5.41) is 10.2. The maximum absolute atomic E-state index is 13.5. The van der Waals surface area contributed by atoms with Crippen molar-refractivity contribution in [2.45, 2.75) is 12.3 Å². The van der Waals surface area contributed by atoms with Crippen molar-refractivity contribution in [3.8, 4) is 5.75 Å². The first-order valence-corrected chi connectivity index (χ1v) is 6.02. The number of aliphatic hydroxyl groups is 1. The number of ether oxygens (including phenoxy) is 1. The molecule has 21 heavy (non-hydrogen) atoms. The monoisotopic (exact) mass is 300 g/mol. The Hall–Kier alpha value is -2.08. The van der Waals surface area contributed by atoms with Crippen LogP contribution in [0.25, 0.3) is 0 Å². The normalized spacial score (nSPS) is 13.0. The Balaban J connectivity index is 2.41. The third-order valence-electron chi connectivity index (χ3n) is 3.05. The number of halogens is 4. The number of hydrogen-bond donors (Lipinski definition) is 1. The van der Waals surface area contributed by atoms with Crippen LogP contribution >= 0.6 is 0 Å². The summed E-state index contributed by atoms with van der Waals surface area (Å²) in [6, 6.07) is 8.81. The van der Waals surface area contributed by atoms with Crippen LogP contribution in [-0.4, -0.2) is 12.2 Å². The van der Waals surface area contributed by atoms with Crippen LogP contribution in [0.3, 0.4) is 0 Å². The van der Waals surface area contributed by atoms with Crippen LogP contribution in [0.5, 0.6) is 5.75 Å². The molecule has 112 valence electrons. The number of aliphatic hydroxyl groups excluding tert-OH is 1. The highest BCUT2D eigenvalue weighted by atomic mass is 19.4. The average Bonchev–Trinajstić information content (AvgIpc) is 2.45. The summed E-state index contributed by atoms with van der Waals surface area (Å²) in [4.78, 5) is 0. The van der Waals surface area contributed by atoms with Crippen LogP contribution in [-0.2, 0) is 6.18 Å². The van der Waals surface area contributed by atoms with Crippen molar-refractivity contribution >= 4 is 0 Å². The third-order valence-corrected chi connectivity index (χ3v) is 3.05. The van der Waals surface area contributed by atoms with Crippen molar-refractivity contribution in [2.24, 2.45) is 0 Å². The molecule has 0 bridgehead atoms. The highest BCUT2D eigenvalue weighted by Gasteiger charge is 2.34. The molecule has 2 aromatic carbocycles. The molecule has 1 N–H and O–H groups in total. The predicted molar refractivity (Wildman–Crippen MR) is 68.5 cm³/mol. The van der Waals surface area contributed by atoms with Crippen LogP contribution in [0.2, 0.25) is 0 Å². The van der Waals surface area contributed by atoms with E-state index >= 15 is 0 Å². The van der Waals surface area contributed by atoms with Crippen LogP contribution in [0, 0.1) is 5.82 Å². The second-order valence-corrected chi connectivity index (χ2v) is 4.38. The van der Waals surface area contributed by atoms with Gasteiger partial charge in [0.1, 0.15) is 17.7 Å². The predicted octanol–water partition coefficient (Wildman–Crippen LogP) is 3.93. The number of alkyl halides is 3. The number of methoxy groups -OCH3 is 1. The van der Waals surface area contributed by atoms with Gasteiger partial charge in [-0.2, -0.15) is 13.2 Å². The van der Waals surface area contributed by atoms with Gasteiger partial charge in [0.05, 0.1) is 12.7 Å². The lowest BCUT2D eigenvalue weighted by Crippen LogP contribution is -2.10. The first-order valence-electron chi connectivity index (χ1n) is 6.02. The number of para-hydroxylation sites is 1. The van der Waals surface area contributed by atoms with Crippen molar-refractivity contribution in [1.82, 2.24) is 0 Å². The van der Waals surface area contributed by atoms with Gasteiger partial charge in [-0.3, -0.25) is 0 Å². The van der Waals surface area contributed by atoms with E-state index in [9.17, 15) is 22.7 Å². The average molecular weight is 300 g/mol. The molecular weight excluding hydrogens is 288 g/mol. The zero-order chi connectivity index (χ0) is 15.6. The standard InChI is InChI=1S/C15H12F4O2/c1-21-13-5-3-2-4-10(13)14(20)9-6-7-11(12(16)8-9)15(17,18)19/h2-8,14,20H,1H3. The third kappa shape index (κ3) is 3.16. The minimum Gasteiger partial charge on any atom is -0.496 e. The largest absolute Gasteiger partial charge is 0.496 e. The fourth-order valence-corrected chi connectivity index (χ4v) is 2.00. The molecule has 2 nitrogen and oxygen atoms in total. The van der Waals surface area contributed by atoms with Crippen LogP contribution in [0.15, 0.2) is 42.5 Å². The van der Waals surface area contributed by atoms with Gasteiger partial charge in [0.25, 0.3) is 0 Å². The maximum Gasteiger partial charge on any atom is 0.419 e. The highest BCUT2D eigenvalue weighted by molar-refractivity contribution is 5.41. The van der Waals surface area contributed by atoms with Crippen molar-refractivity contribution in [1.29, 1.82) is 0 Å². The van der Waals surface area contributed by atoms with Crippen molar-refractivity contribution in [3.63, 3.8) is 0 Å². The summed E-state index contributed by atoms with van der Waals surface area (Å²) >= 11 is 0. The van der Waals surface area contributed by atoms with Gasteiger partial charge in [-0.1, -0.05) is 24.3 Å². The lowest BCUT2D eigenvalue weighted by Gasteiger charge is -2.16. The molecular formula is C15H12F4O2. The van der Waals surface area contributed by atoms with E-state index < -0.39 is 23.7 Å². The van der Waals surface area contributed by atoms with E-state index in [2.05, 4.69) is 0 Å². The molecule has 1 atom stereocenters. The van der Waals surface area contributed by atoms with E-state index in [-0.39, 0.29) is 5.56 Å². The summed E-state index contributed by atoms with van der Waals surface area (Å²) in [6.45, 7) is 0. The zero-order valence-electron chi connectivity index (χ0n) is 11.0. The van der Waals surface area contributed by atoms with Gasteiger partial charge in [-0.15, -0.1) is 0 Å². The van der Waals surface area contributed by atoms with Gasteiger partial charge in [-0.25, -0.2) is 4.39 Å². The Morgan fingerprint density at radius 1 is 1.10 bits per heavy atom. The van der Waals surface area contributed by atoms with Crippen molar-refractivity contribution < 1.29 is 27.4 Å². The minimum absolute atomic E-state index is 0.0185. The van der Waals surface area contributed by atoms with E-state index in [1.54, 1.807) is 24.3 Å². The number of rotatable bonds is 3. The van der Waals surface area contributed by atoms with E-state index in [4.69, 9.17) is 4.74 Å². The number of hydrogen-bond acceptors (Lipinski definition) is 2. The molecule has 6 heteroatoms. The van der Waals surface area contributed by atoms with Gasteiger partial charge in [-0.05, 0) is 23.8 Å². The molecule has 0 saturated carbocycles.